The number of anilines is 1. The number of aryl methyl sites for hydroxylation is 1. The number of nitrogens with one attached hydrogen (secondary N) is 1. The van der Waals surface area contributed by atoms with Gasteiger partial charge in [0, 0.05) is 5.02 Å². The summed E-state index contributed by atoms with van der Waals surface area (Å²) in [4.78, 5) is 13.4. The molecule has 0 unspecified atom stereocenters. The van der Waals surface area contributed by atoms with E-state index in [2.05, 4.69) is 10.5 Å². The smallest absolute Gasteiger partial charge is 0.267 e. The van der Waals surface area contributed by atoms with E-state index >= 15 is 0 Å². The van der Waals surface area contributed by atoms with E-state index in [9.17, 15) is 13.2 Å². The summed E-state index contributed by atoms with van der Waals surface area (Å²) in [6, 6.07) is 29.6. The third-order valence-electron chi connectivity index (χ3n) is 5.78. The first-order valence-corrected chi connectivity index (χ1v) is 13.4. The monoisotopic (exact) mass is 531 g/mol. The summed E-state index contributed by atoms with van der Waals surface area (Å²) in [5, 5.41) is 4.82. The van der Waals surface area contributed by atoms with Crippen LogP contribution in [0.3, 0.4) is 0 Å². The Bertz CT molecular complexity index is 1520. The summed E-state index contributed by atoms with van der Waals surface area (Å²) in [5.74, 6) is -0.527. The number of halogens is 1. The zero-order valence-electron chi connectivity index (χ0n) is 20.4. The third kappa shape index (κ3) is 6.25. The number of carbonyl (C=O) groups is 1. The first-order chi connectivity index (χ1) is 17.8. The molecule has 0 fully saturated rings. The number of carbonyl (C=O) groups excluding carboxylic acids is 1. The van der Waals surface area contributed by atoms with Gasteiger partial charge in [-0.05, 0) is 61.4 Å². The van der Waals surface area contributed by atoms with Crippen molar-refractivity contribution in [2.45, 2.75) is 25.3 Å². The lowest BCUT2D eigenvalue weighted by Gasteiger charge is -2.26. The van der Waals surface area contributed by atoms with Crippen molar-refractivity contribution in [1.82, 2.24) is 5.43 Å². The largest absolute Gasteiger partial charge is 0.273 e. The molecule has 0 radical (unpaired) electrons. The molecule has 4 aromatic rings. The Morgan fingerprint density at radius 1 is 0.865 bits per heavy atom. The fraction of sp³-hybridized carbons (Fsp3) is 0.103. The number of hydrogen-bond acceptors (Lipinski definition) is 4. The Morgan fingerprint density at radius 3 is 2.16 bits per heavy atom. The molecule has 4 aromatic carbocycles. The molecule has 1 amide bonds. The van der Waals surface area contributed by atoms with Gasteiger partial charge < -0.3 is 0 Å². The average Bonchev–Trinajstić information content (AvgIpc) is 2.91. The molecular formula is C29H26ClN3O3S. The molecule has 0 heterocycles. The van der Waals surface area contributed by atoms with Gasteiger partial charge in [-0.25, -0.2) is 13.8 Å². The highest BCUT2D eigenvalue weighted by atomic mass is 35.5. The maximum atomic E-state index is 13.9. The first-order valence-electron chi connectivity index (χ1n) is 11.6. The van der Waals surface area contributed by atoms with Gasteiger partial charge in [0.2, 0.25) is 0 Å². The Hall–Kier alpha value is -3.94. The van der Waals surface area contributed by atoms with Gasteiger partial charge in [-0.1, -0.05) is 83.9 Å². The zero-order valence-corrected chi connectivity index (χ0v) is 22.0. The SMILES string of the molecule is CC(=NNC(=O)c1ccccc1N(Cc1ccccc1)S(=O)(=O)c1ccc(C)cc1)c1ccc(Cl)cc1. The van der Waals surface area contributed by atoms with Crippen LogP contribution in [-0.4, -0.2) is 20.0 Å². The van der Waals surface area contributed by atoms with Gasteiger partial charge in [-0.2, -0.15) is 5.10 Å². The lowest BCUT2D eigenvalue weighted by atomic mass is 10.1. The molecule has 0 aliphatic rings. The van der Waals surface area contributed by atoms with E-state index in [-0.39, 0.29) is 22.7 Å². The lowest BCUT2D eigenvalue weighted by molar-refractivity contribution is 0.0955. The molecule has 8 heteroatoms. The van der Waals surface area contributed by atoms with Crippen LogP contribution in [0, 0.1) is 6.92 Å². The average molecular weight is 532 g/mol. The highest BCUT2D eigenvalue weighted by molar-refractivity contribution is 7.92. The molecule has 0 saturated heterocycles. The van der Waals surface area contributed by atoms with E-state index < -0.39 is 15.9 Å². The Labute approximate surface area is 222 Å². The van der Waals surface area contributed by atoms with Crippen molar-refractivity contribution in [2.75, 3.05) is 4.31 Å². The first kappa shape index (κ1) is 26.1. The van der Waals surface area contributed by atoms with Crippen molar-refractivity contribution in [2.24, 2.45) is 5.10 Å². The molecule has 0 spiro atoms. The van der Waals surface area contributed by atoms with E-state index in [4.69, 9.17) is 11.6 Å². The van der Waals surface area contributed by atoms with Crippen LogP contribution in [0.2, 0.25) is 5.02 Å². The number of hydrogen-bond donors (Lipinski definition) is 1. The van der Waals surface area contributed by atoms with Crippen molar-refractivity contribution >= 4 is 38.9 Å². The molecule has 0 atom stereocenters. The van der Waals surface area contributed by atoms with E-state index in [0.717, 1.165) is 16.7 Å². The molecule has 0 aromatic heterocycles. The Morgan fingerprint density at radius 2 is 1.49 bits per heavy atom. The summed E-state index contributed by atoms with van der Waals surface area (Å²) in [5.41, 5.74) is 6.11. The second kappa shape index (κ2) is 11.4. The molecular weight excluding hydrogens is 506 g/mol. The van der Waals surface area contributed by atoms with E-state index in [0.29, 0.717) is 10.7 Å². The molecule has 4 rings (SSSR count). The molecule has 0 bridgehead atoms. The van der Waals surface area contributed by atoms with Crippen molar-refractivity contribution in [3.05, 3.63) is 130 Å². The van der Waals surface area contributed by atoms with Gasteiger partial charge in [-0.15, -0.1) is 0 Å². The quantitative estimate of drug-likeness (QED) is 0.217. The minimum absolute atomic E-state index is 0.0500. The maximum absolute atomic E-state index is 13.9. The number of amides is 1. The summed E-state index contributed by atoms with van der Waals surface area (Å²) >= 11 is 5.95. The minimum Gasteiger partial charge on any atom is -0.267 e. The van der Waals surface area contributed by atoms with Crippen LogP contribution in [-0.2, 0) is 16.6 Å². The van der Waals surface area contributed by atoms with Gasteiger partial charge in [0.05, 0.1) is 28.4 Å². The van der Waals surface area contributed by atoms with Crippen molar-refractivity contribution in [1.29, 1.82) is 0 Å². The van der Waals surface area contributed by atoms with Crippen LogP contribution in [0.25, 0.3) is 0 Å². The molecule has 37 heavy (non-hydrogen) atoms. The topological polar surface area (TPSA) is 78.8 Å². The normalized spacial score (nSPS) is 11.7. The fourth-order valence-corrected chi connectivity index (χ4v) is 5.32. The van der Waals surface area contributed by atoms with Gasteiger partial charge in [0.1, 0.15) is 0 Å². The van der Waals surface area contributed by atoms with Crippen LogP contribution in [0.4, 0.5) is 5.69 Å². The fourth-order valence-electron chi connectivity index (χ4n) is 3.72. The number of benzene rings is 4. The van der Waals surface area contributed by atoms with Gasteiger partial charge in [0.15, 0.2) is 0 Å². The molecule has 6 nitrogen and oxygen atoms in total. The third-order valence-corrected chi connectivity index (χ3v) is 7.81. The van der Waals surface area contributed by atoms with E-state index in [1.54, 1.807) is 79.7 Å². The minimum atomic E-state index is -4.00. The number of para-hydroxylation sites is 1. The number of rotatable bonds is 8. The number of hydrazone groups is 1. The van der Waals surface area contributed by atoms with E-state index in [1.807, 2.05) is 37.3 Å². The van der Waals surface area contributed by atoms with Gasteiger partial charge >= 0.3 is 0 Å². The van der Waals surface area contributed by atoms with Crippen LogP contribution in [0.15, 0.2) is 113 Å². The number of nitrogens with zero attached hydrogens (tertiary/aromatic N) is 2. The molecule has 0 saturated carbocycles. The molecule has 0 aliphatic carbocycles. The van der Waals surface area contributed by atoms with Crippen LogP contribution >= 0.6 is 11.6 Å². The lowest BCUT2D eigenvalue weighted by Crippen LogP contribution is -2.33. The molecule has 1 N–H and O–H groups in total. The summed E-state index contributed by atoms with van der Waals surface area (Å²) in [6.45, 7) is 3.71. The second-order valence-corrected chi connectivity index (χ2v) is 10.8. The van der Waals surface area contributed by atoms with Crippen molar-refractivity contribution in [3.8, 4) is 0 Å². The predicted octanol–water partition coefficient (Wildman–Crippen LogP) is 6.20. The predicted molar refractivity (Wildman–Crippen MR) is 149 cm³/mol. The van der Waals surface area contributed by atoms with Gasteiger partial charge in [-0.3, -0.25) is 9.10 Å². The number of sulfonamides is 1. The highest BCUT2D eigenvalue weighted by Crippen LogP contribution is 2.29. The second-order valence-electron chi connectivity index (χ2n) is 8.47. The maximum Gasteiger partial charge on any atom is 0.273 e. The van der Waals surface area contributed by atoms with Crippen molar-refractivity contribution < 1.29 is 13.2 Å². The Balaban J connectivity index is 1.72. The van der Waals surface area contributed by atoms with Crippen LogP contribution in [0.1, 0.15) is 34.0 Å². The van der Waals surface area contributed by atoms with Crippen molar-refractivity contribution in [3.63, 3.8) is 0 Å². The zero-order chi connectivity index (χ0) is 26.4. The molecule has 188 valence electrons. The van der Waals surface area contributed by atoms with Crippen LogP contribution in [0.5, 0.6) is 0 Å². The Kier molecular flexibility index (Phi) is 8.06. The summed E-state index contributed by atoms with van der Waals surface area (Å²) in [6.07, 6.45) is 0. The summed E-state index contributed by atoms with van der Waals surface area (Å²) in [7, 11) is -4.00. The highest BCUT2D eigenvalue weighted by Gasteiger charge is 2.28. The van der Waals surface area contributed by atoms with Crippen LogP contribution < -0.4 is 9.73 Å². The van der Waals surface area contributed by atoms with Gasteiger partial charge in [0.25, 0.3) is 15.9 Å². The molecule has 0 aliphatic heterocycles. The van der Waals surface area contributed by atoms with E-state index in [1.165, 1.54) is 4.31 Å². The summed E-state index contributed by atoms with van der Waals surface area (Å²) < 4.78 is 29.0. The standard InChI is InChI=1S/C29H26ClN3O3S/c1-21-12-18-26(19-13-21)37(35,36)33(20-23-8-4-3-5-9-23)28-11-7-6-10-27(28)29(34)32-31-22(2)24-14-16-25(30)17-15-24/h3-19H,20H2,1-2H3,(H,32,34).